The largest absolute Gasteiger partial charge is 0.480 e. The highest BCUT2D eigenvalue weighted by Gasteiger charge is 2.16. The van der Waals surface area contributed by atoms with E-state index < -0.39 is 30.9 Å². The van der Waals surface area contributed by atoms with Gasteiger partial charge in [-0.15, -0.1) is 11.3 Å². The van der Waals surface area contributed by atoms with Gasteiger partial charge in [0.05, 0.1) is 10.7 Å². The number of rotatable bonds is 6. The van der Waals surface area contributed by atoms with E-state index in [1.807, 2.05) is 6.92 Å². The third kappa shape index (κ3) is 5.30. The van der Waals surface area contributed by atoms with Crippen LogP contribution < -0.4 is 5.73 Å². The molecule has 3 N–H and O–H groups in total. The number of primary amides is 1. The van der Waals surface area contributed by atoms with Crippen LogP contribution >= 0.6 is 11.3 Å². The van der Waals surface area contributed by atoms with Gasteiger partial charge in [-0.1, -0.05) is 0 Å². The Labute approximate surface area is 113 Å². The second-order valence-electron chi connectivity index (χ2n) is 3.68. The average molecular weight is 283 g/mol. The van der Waals surface area contributed by atoms with Crippen molar-refractivity contribution in [1.29, 1.82) is 0 Å². The molecule has 102 valence electrons. The van der Waals surface area contributed by atoms with Crippen LogP contribution in [0.5, 0.6) is 0 Å². The van der Waals surface area contributed by atoms with Gasteiger partial charge in [-0.05, 0) is 13.0 Å². The highest BCUT2D eigenvalue weighted by Crippen LogP contribution is 2.09. The molecule has 0 fully saturated rings. The fourth-order valence-corrected chi connectivity index (χ4v) is 1.86. The number of aromatic nitrogens is 1. The summed E-state index contributed by atoms with van der Waals surface area (Å²) in [5, 5.41) is 11.3. The molecule has 1 aromatic heterocycles. The van der Waals surface area contributed by atoms with Crippen LogP contribution in [0.25, 0.3) is 6.08 Å². The Hall–Kier alpha value is -2.22. The number of carbonyl (C=O) groups is 3. The summed E-state index contributed by atoms with van der Waals surface area (Å²) in [7, 11) is 0. The van der Waals surface area contributed by atoms with Gasteiger partial charge in [0, 0.05) is 11.5 Å². The molecule has 19 heavy (non-hydrogen) atoms. The van der Waals surface area contributed by atoms with Crippen LogP contribution in [0, 0.1) is 6.92 Å². The number of nitrogens with two attached hydrogens (primary N) is 1. The first-order valence-electron chi connectivity index (χ1n) is 5.27. The van der Waals surface area contributed by atoms with Gasteiger partial charge in [-0.2, -0.15) is 0 Å². The zero-order valence-corrected chi connectivity index (χ0v) is 11.0. The van der Waals surface area contributed by atoms with Crippen molar-refractivity contribution in [2.75, 3.05) is 13.1 Å². The predicted octanol–water partition coefficient (Wildman–Crippen LogP) is -0.137. The molecule has 7 nitrogen and oxygen atoms in total. The van der Waals surface area contributed by atoms with Crippen molar-refractivity contribution in [3.63, 3.8) is 0 Å². The zero-order chi connectivity index (χ0) is 14.4. The molecule has 0 aliphatic carbocycles. The molecular weight excluding hydrogens is 270 g/mol. The summed E-state index contributed by atoms with van der Waals surface area (Å²) in [6.07, 6.45) is 2.63. The number of thiazole rings is 1. The summed E-state index contributed by atoms with van der Waals surface area (Å²) in [5.41, 5.74) is 5.56. The van der Waals surface area contributed by atoms with Crippen molar-refractivity contribution < 1.29 is 19.5 Å². The SMILES string of the molecule is Cc1nc(/C=C/C(=O)N(CC(N)=O)CC(=O)O)cs1. The minimum atomic E-state index is -1.22. The monoisotopic (exact) mass is 283 g/mol. The van der Waals surface area contributed by atoms with Crippen molar-refractivity contribution in [1.82, 2.24) is 9.88 Å². The average Bonchev–Trinajstić information content (AvgIpc) is 2.70. The number of hydrogen-bond acceptors (Lipinski definition) is 5. The van der Waals surface area contributed by atoms with Gasteiger partial charge in [0.1, 0.15) is 13.1 Å². The van der Waals surface area contributed by atoms with E-state index in [1.165, 1.54) is 23.5 Å². The third-order valence-corrected chi connectivity index (χ3v) is 2.81. The Balaban J connectivity index is 2.73. The van der Waals surface area contributed by atoms with Gasteiger partial charge < -0.3 is 15.7 Å². The molecular formula is C11H13N3O4S. The van der Waals surface area contributed by atoms with Crippen LogP contribution in [-0.4, -0.2) is 45.9 Å². The number of carboxylic acids is 1. The van der Waals surface area contributed by atoms with Gasteiger partial charge in [-0.3, -0.25) is 14.4 Å². The molecule has 0 unspecified atom stereocenters. The van der Waals surface area contributed by atoms with E-state index in [1.54, 1.807) is 5.38 Å². The molecule has 0 spiro atoms. The summed E-state index contributed by atoms with van der Waals surface area (Å²) in [6.45, 7) is 0.807. The van der Waals surface area contributed by atoms with Crippen molar-refractivity contribution in [3.05, 3.63) is 22.2 Å². The van der Waals surface area contributed by atoms with Gasteiger partial charge in [0.25, 0.3) is 0 Å². The molecule has 1 heterocycles. The Morgan fingerprint density at radius 2 is 2.16 bits per heavy atom. The smallest absolute Gasteiger partial charge is 0.323 e. The third-order valence-electron chi connectivity index (χ3n) is 2.02. The number of hydrogen-bond donors (Lipinski definition) is 2. The van der Waals surface area contributed by atoms with E-state index >= 15 is 0 Å². The lowest BCUT2D eigenvalue weighted by Crippen LogP contribution is -2.40. The lowest BCUT2D eigenvalue weighted by atomic mass is 10.3. The first-order valence-corrected chi connectivity index (χ1v) is 6.15. The first-order chi connectivity index (χ1) is 8.88. The molecule has 2 amide bonds. The number of amides is 2. The first kappa shape index (κ1) is 14.8. The number of aryl methyl sites for hydroxylation is 1. The maximum atomic E-state index is 11.7. The van der Waals surface area contributed by atoms with E-state index in [0.29, 0.717) is 5.69 Å². The summed E-state index contributed by atoms with van der Waals surface area (Å²) in [4.78, 5) is 38.1. The minimum absolute atomic E-state index is 0.439. The second-order valence-corrected chi connectivity index (χ2v) is 4.74. The summed E-state index contributed by atoms with van der Waals surface area (Å²) in [5.74, 6) is -2.59. The molecule has 0 aromatic carbocycles. The predicted molar refractivity (Wildman–Crippen MR) is 69.3 cm³/mol. The molecule has 0 saturated carbocycles. The summed E-state index contributed by atoms with van der Waals surface area (Å²) >= 11 is 1.43. The summed E-state index contributed by atoms with van der Waals surface area (Å²) < 4.78 is 0. The fourth-order valence-electron chi connectivity index (χ4n) is 1.28. The highest BCUT2D eigenvalue weighted by molar-refractivity contribution is 7.09. The normalized spacial score (nSPS) is 10.6. The Kier molecular flexibility index (Phi) is 5.19. The van der Waals surface area contributed by atoms with Crippen molar-refractivity contribution in [2.45, 2.75) is 6.92 Å². The zero-order valence-electron chi connectivity index (χ0n) is 10.2. The Morgan fingerprint density at radius 3 is 2.63 bits per heavy atom. The minimum Gasteiger partial charge on any atom is -0.480 e. The molecule has 0 bridgehead atoms. The fraction of sp³-hybridized carbons (Fsp3) is 0.273. The van der Waals surface area contributed by atoms with Crippen LogP contribution in [0.1, 0.15) is 10.7 Å². The number of nitrogens with zero attached hydrogens (tertiary/aromatic N) is 2. The summed E-state index contributed by atoms with van der Waals surface area (Å²) in [6, 6.07) is 0. The Morgan fingerprint density at radius 1 is 1.47 bits per heavy atom. The van der Waals surface area contributed by atoms with Crippen LogP contribution in [0.15, 0.2) is 11.5 Å². The molecule has 0 saturated heterocycles. The van der Waals surface area contributed by atoms with Crippen LogP contribution in [0.4, 0.5) is 0 Å². The van der Waals surface area contributed by atoms with Crippen LogP contribution in [0.2, 0.25) is 0 Å². The van der Waals surface area contributed by atoms with E-state index in [-0.39, 0.29) is 0 Å². The molecule has 0 atom stereocenters. The molecule has 1 aromatic rings. The van der Waals surface area contributed by atoms with Crippen LogP contribution in [0.3, 0.4) is 0 Å². The van der Waals surface area contributed by atoms with E-state index in [2.05, 4.69) is 4.98 Å². The van der Waals surface area contributed by atoms with Crippen molar-refractivity contribution in [3.8, 4) is 0 Å². The molecule has 8 heteroatoms. The highest BCUT2D eigenvalue weighted by atomic mass is 32.1. The van der Waals surface area contributed by atoms with Gasteiger partial charge >= 0.3 is 5.97 Å². The van der Waals surface area contributed by atoms with Crippen molar-refractivity contribution >= 4 is 35.2 Å². The molecule has 1 rings (SSSR count). The second kappa shape index (κ2) is 6.64. The van der Waals surface area contributed by atoms with E-state index in [0.717, 1.165) is 9.91 Å². The molecule has 0 aliphatic rings. The number of aliphatic carboxylic acids is 1. The number of carbonyl (C=O) groups excluding carboxylic acids is 2. The van der Waals surface area contributed by atoms with E-state index in [9.17, 15) is 14.4 Å². The van der Waals surface area contributed by atoms with Gasteiger partial charge in [-0.25, -0.2) is 4.98 Å². The van der Waals surface area contributed by atoms with E-state index in [4.69, 9.17) is 10.8 Å². The maximum Gasteiger partial charge on any atom is 0.323 e. The molecule has 0 radical (unpaired) electrons. The molecule has 0 aliphatic heterocycles. The van der Waals surface area contributed by atoms with Crippen LogP contribution in [-0.2, 0) is 14.4 Å². The lowest BCUT2D eigenvalue weighted by molar-refractivity contribution is -0.143. The maximum absolute atomic E-state index is 11.7. The van der Waals surface area contributed by atoms with Crippen molar-refractivity contribution in [2.24, 2.45) is 5.73 Å². The Bertz CT molecular complexity index is 508. The topological polar surface area (TPSA) is 114 Å². The lowest BCUT2D eigenvalue weighted by Gasteiger charge is -2.16. The standard InChI is InChI=1S/C11H13N3O4S/c1-7-13-8(6-19-7)2-3-10(16)14(4-9(12)15)5-11(17)18/h2-3,6H,4-5H2,1H3,(H2,12,15)(H,17,18)/b3-2+. The quantitative estimate of drug-likeness (QED) is 0.705. The van der Waals surface area contributed by atoms with Gasteiger partial charge in [0.2, 0.25) is 11.8 Å². The number of carboxylic acid groups (broad SMARTS) is 1. The van der Waals surface area contributed by atoms with Gasteiger partial charge in [0.15, 0.2) is 0 Å².